The van der Waals surface area contributed by atoms with Crippen molar-refractivity contribution in [2.45, 2.75) is 20.0 Å². The lowest BCUT2D eigenvalue weighted by Crippen LogP contribution is -2.17. The van der Waals surface area contributed by atoms with Gasteiger partial charge in [-0.2, -0.15) is 13.2 Å². The van der Waals surface area contributed by atoms with Crippen molar-refractivity contribution in [2.24, 2.45) is 0 Å². The molecule has 0 fully saturated rings. The Morgan fingerprint density at radius 1 is 1.03 bits per heavy atom. The van der Waals surface area contributed by atoms with Crippen molar-refractivity contribution in [3.05, 3.63) is 83.6 Å². The Bertz CT molecular complexity index is 1680. The molecule has 0 aliphatic rings. The number of aryl methyl sites for hydroxylation is 2. The molecule has 0 saturated heterocycles. The number of rotatable bonds is 5. The summed E-state index contributed by atoms with van der Waals surface area (Å²) in [5.41, 5.74) is 1.87. The highest BCUT2D eigenvalue weighted by molar-refractivity contribution is 6.03. The van der Waals surface area contributed by atoms with Gasteiger partial charge in [-0.25, -0.2) is 29.3 Å². The lowest BCUT2D eigenvalue weighted by Gasteiger charge is -2.15. The Balaban J connectivity index is 1.44. The minimum atomic E-state index is -4.96. The van der Waals surface area contributed by atoms with Crippen LogP contribution in [-0.2, 0) is 6.18 Å². The van der Waals surface area contributed by atoms with Gasteiger partial charge >= 0.3 is 6.18 Å². The van der Waals surface area contributed by atoms with Crippen molar-refractivity contribution in [3.63, 3.8) is 0 Å². The summed E-state index contributed by atoms with van der Waals surface area (Å²) in [7, 11) is 0. The molecule has 1 aromatic carbocycles. The van der Waals surface area contributed by atoms with E-state index in [1.165, 1.54) is 6.33 Å². The fraction of sp³-hybridized carbons (Fsp3) is 0.120. The van der Waals surface area contributed by atoms with Crippen LogP contribution in [0.3, 0.4) is 0 Å². The Hall–Kier alpha value is -4.94. The lowest BCUT2D eigenvalue weighted by molar-refractivity contribution is -0.140. The fourth-order valence-electron chi connectivity index (χ4n) is 3.78. The molecule has 4 aromatic heterocycles. The molecule has 5 rings (SSSR count). The van der Waals surface area contributed by atoms with Gasteiger partial charge in [0.25, 0.3) is 5.91 Å². The number of nitrogens with zero attached hydrogens (tertiary/aromatic N) is 5. The molecular formula is C25H18F4N8O. The average molecular weight is 522 g/mol. The highest BCUT2D eigenvalue weighted by Crippen LogP contribution is 2.33. The van der Waals surface area contributed by atoms with Gasteiger partial charge in [0.2, 0.25) is 0 Å². The van der Waals surface area contributed by atoms with Gasteiger partial charge in [-0.1, -0.05) is 6.07 Å². The molecule has 0 spiro atoms. The highest BCUT2D eigenvalue weighted by atomic mass is 19.4. The van der Waals surface area contributed by atoms with Gasteiger partial charge in [0, 0.05) is 23.1 Å². The van der Waals surface area contributed by atoms with Crippen LogP contribution in [0.4, 0.5) is 34.8 Å². The van der Waals surface area contributed by atoms with Crippen molar-refractivity contribution in [2.75, 3.05) is 10.6 Å². The zero-order chi connectivity index (χ0) is 27.0. The van der Waals surface area contributed by atoms with Gasteiger partial charge in [0.05, 0.1) is 11.8 Å². The molecular weight excluding hydrogens is 504 g/mol. The average Bonchev–Trinajstić information content (AvgIpc) is 3.26. The normalized spacial score (nSPS) is 11.5. The molecule has 0 unspecified atom stereocenters. The number of aromatic nitrogens is 6. The molecule has 0 aliphatic heterocycles. The number of pyridine rings is 2. The zero-order valence-corrected chi connectivity index (χ0v) is 19.9. The molecule has 0 bridgehead atoms. The standard InChI is InChI=1S/C25H18F4N8O/c1-12-5-6-14(36-24(38)19-9-16(25(27,28)29)17(26)10-31-19)8-18(12)37-22-15(4-3-7-30-22)20-21-23(33-11-32-20)35-13(2)34-21/h3-11H,1-2H3,(H,30,37)(H,36,38)(H,32,33,34,35). The van der Waals surface area contributed by atoms with Gasteiger partial charge in [-0.05, 0) is 49.7 Å². The van der Waals surface area contributed by atoms with Gasteiger partial charge < -0.3 is 15.6 Å². The molecule has 0 aliphatic carbocycles. The first-order valence-electron chi connectivity index (χ1n) is 11.1. The summed E-state index contributed by atoms with van der Waals surface area (Å²) in [5.74, 6) is -1.35. The van der Waals surface area contributed by atoms with Gasteiger partial charge in [0.15, 0.2) is 11.5 Å². The van der Waals surface area contributed by atoms with Gasteiger partial charge in [0.1, 0.15) is 34.9 Å². The van der Waals surface area contributed by atoms with E-state index in [0.717, 1.165) is 5.56 Å². The highest BCUT2D eigenvalue weighted by Gasteiger charge is 2.35. The summed E-state index contributed by atoms with van der Waals surface area (Å²) >= 11 is 0. The van der Waals surface area contributed by atoms with Crippen LogP contribution >= 0.6 is 0 Å². The first-order chi connectivity index (χ1) is 18.1. The molecule has 4 heterocycles. The zero-order valence-electron chi connectivity index (χ0n) is 19.9. The second-order valence-corrected chi connectivity index (χ2v) is 8.30. The SMILES string of the molecule is Cc1nc2ncnc(-c3cccnc3Nc3cc(NC(=O)c4cc(C(F)(F)F)c(F)cn4)ccc3C)c2[nH]1. The predicted octanol–water partition coefficient (Wildman–Crippen LogP) is 5.58. The second kappa shape index (κ2) is 9.50. The maximum atomic E-state index is 13.6. The summed E-state index contributed by atoms with van der Waals surface area (Å²) in [5, 5.41) is 5.73. The van der Waals surface area contributed by atoms with Crippen LogP contribution in [0.1, 0.15) is 27.4 Å². The molecule has 192 valence electrons. The van der Waals surface area contributed by atoms with Crippen molar-refractivity contribution in [3.8, 4) is 11.3 Å². The third-order valence-electron chi connectivity index (χ3n) is 5.61. The predicted molar refractivity (Wildman–Crippen MR) is 131 cm³/mol. The number of halogens is 4. The smallest absolute Gasteiger partial charge is 0.339 e. The quantitative estimate of drug-likeness (QED) is 0.258. The third-order valence-corrected chi connectivity index (χ3v) is 5.61. The summed E-state index contributed by atoms with van der Waals surface area (Å²) in [4.78, 5) is 36.6. The fourth-order valence-corrected chi connectivity index (χ4v) is 3.78. The number of nitrogens with one attached hydrogen (secondary N) is 3. The van der Waals surface area contributed by atoms with Crippen molar-refractivity contribution < 1.29 is 22.4 Å². The number of alkyl halides is 3. The van der Waals surface area contributed by atoms with Crippen molar-refractivity contribution in [1.82, 2.24) is 29.9 Å². The van der Waals surface area contributed by atoms with E-state index in [0.29, 0.717) is 52.0 Å². The van der Waals surface area contributed by atoms with Crippen LogP contribution < -0.4 is 10.6 Å². The van der Waals surface area contributed by atoms with Crippen LogP contribution in [0.2, 0.25) is 0 Å². The minimum absolute atomic E-state index is 0.272. The number of aromatic amines is 1. The Morgan fingerprint density at radius 2 is 1.84 bits per heavy atom. The van der Waals surface area contributed by atoms with Crippen LogP contribution in [0.15, 0.2) is 55.1 Å². The van der Waals surface area contributed by atoms with E-state index in [4.69, 9.17) is 0 Å². The minimum Gasteiger partial charge on any atom is -0.339 e. The maximum Gasteiger partial charge on any atom is 0.419 e. The molecule has 0 radical (unpaired) electrons. The summed E-state index contributed by atoms with van der Waals surface area (Å²) in [6.07, 6.45) is -1.59. The first kappa shape index (κ1) is 24.7. The summed E-state index contributed by atoms with van der Waals surface area (Å²) in [6, 6.07) is 8.83. The molecule has 0 atom stereocenters. The molecule has 3 N–H and O–H groups in total. The lowest BCUT2D eigenvalue weighted by atomic mass is 10.1. The number of benzene rings is 1. The number of imidazole rings is 1. The van der Waals surface area contributed by atoms with E-state index in [2.05, 4.69) is 40.5 Å². The van der Waals surface area contributed by atoms with Gasteiger partial charge in [-0.3, -0.25) is 4.79 Å². The van der Waals surface area contributed by atoms with Crippen LogP contribution in [-0.4, -0.2) is 35.8 Å². The Kier molecular flexibility index (Phi) is 6.18. The van der Waals surface area contributed by atoms with E-state index < -0.39 is 29.2 Å². The first-order valence-corrected chi connectivity index (χ1v) is 11.1. The van der Waals surface area contributed by atoms with Crippen molar-refractivity contribution >= 4 is 34.3 Å². The van der Waals surface area contributed by atoms with E-state index >= 15 is 0 Å². The molecule has 0 saturated carbocycles. The van der Waals surface area contributed by atoms with E-state index in [9.17, 15) is 22.4 Å². The number of hydrogen-bond acceptors (Lipinski definition) is 7. The maximum absolute atomic E-state index is 13.6. The van der Waals surface area contributed by atoms with Crippen LogP contribution in [0.5, 0.6) is 0 Å². The largest absolute Gasteiger partial charge is 0.419 e. The number of carbonyl (C=O) groups excluding carboxylic acids is 1. The monoisotopic (exact) mass is 522 g/mol. The third kappa shape index (κ3) is 4.85. The molecule has 13 heteroatoms. The van der Waals surface area contributed by atoms with Crippen LogP contribution in [0, 0.1) is 19.7 Å². The number of H-pyrrole nitrogens is 1. The van der Waals surface area contributed by atoms with E-state index in [1.54, 1.807) is 30.5 Å². The van der Waals surface area contributed by atoms with Crippen LogP contribution in [0.25, 0.3) is 22.4 Å². The number of carbonyl (C=O) groups is 1. The van der Waals surface area contributed by atoms with E-state index in [-0.39, 0.29) is 5.69 Å². The number of amides is 1. The molecule has 9 nitrogen and oxygen atoms in total. The molecule has 38 heavy (non-hydrogen) atoms. The van der Waals surface area contributed by atoms with Gasteiger partial charge in [-0.15, -0.1) is 0 Å². The summed E-state index contributed by atoms with van der Waals surface area (Å²) in [6.45, 7) is 3.64. The van der Waals surface area contributed by atoms with E-state index in [1.807, 2.05) is 19.9 Å². The number of hydrogen-bond donors (Lipinski definition) is 3. The topological polar surface area (TPSA) is 121 Å². The number of anilines is 3. The van der Waals surface area contributed by atoms with Crippen molar-refractivity contribution in [1.29, 1.82) is 0 Å². The molecule has 5 aromatic rings. The molecule has 1 amide bonds. The summed E-state index contributed by atoms with van der Waals surface area (Å²) < 4.78 is 52.7. The Labute approximate surface area is 212 Å². The second-order valence-electron chi connectivity index (χ2n) is 8.30. The Morgan fingerprint density at radius 3 is 2.63 bits per heavy atom. The number of fused-ring (bicyclic) bond motifs is 1.